The van der Waals surface area contributed by atoms with Crippen LogP contribution in [0.3, 0.4) is 0 Å². The van der Waals surface area contributed by atoms with Crippen LogP contribution >= 0.6 is 0 Å². The molecule has 0 aliphatic heterocycles. The fourth-order valence-electron chi connectivity index (χ4n) is 10.1. The van der Waals surface area contributed by atoms with E-state index in [0.29, 0.717) is 19.3 Å². The summed E-state index contributed by atoms with van der Waals surface area (Å²) in [5.74, 6) is -0.884. The molecule has 0 aliphatic rings. The molecule has 0 saturated heterocycles. The second-order valence-electron chi connectivity index (χ2n) is 23.4. The standard InChI is InChI=1S/C75H132O6/c1-4-7-10-13-16-19-22-25-27-29-31-33-35-36-37-38-40-41-43-45-47-50-53-56-59-62-65-68-74(77)80-71-72(70-79-73(76)67-64-61-58-55-52-49-24-21-18-15-12-9-6-3)81-75(78)69-66-63-60-57-54-51-48-46-44-42-39-34-32-30-28-26-23-20-17-14-11-8-5-2/h12,15,21-26,29-32,35-36,72H,4-11,13-14,16-20,27-28,33-34,37-71H2,1-3H3/b15-12-,24-21-,25-22-,26-23-,31-29-,32-30-,36-35-. The Morgan fingerprint density at radius 2 is 0.469 bits per heavy atom. The number of allylic oxidation sites excluding steroid dienone is 14. The van der Waals surface area contributed by atoms with Crippen molar-refractivity contribution in [2.24, 2.45) is 0 Å². The van der Waals surface area contributed by atoms with E-state index in [1.165, 1.54) is 212 Å². The smallest absolute Gasteiger partial charge is 0.306 e. The highest BCUT2D eigenvalue weighted by molar-refractivity contribution is 5.71. The SMILES string of the molecule is CCC/C=C\C/C=C\CCCCCCCC(=O)OCC(COC(=O)CCCCCCCCCCCCCC/C=C\C/C=C\C/C=C\CCCCCCC)OC(=O)CCCCCCCCCCCCC/C=C\C/C=C\CCCCCCC. The van der Waals surface area contributed by atoms with Crippen LogP contribution in [0.2, 0.25) is 0 Å². The van der Waals surface area contributed by atoms with Crippen LogP contribution in [0.1, 0.15) is 355 Å². The van der Waals surface area contributed by atoms with Gasteiger partial charge in [-0.15, -0.1) is 0 Å². The van der Waals surface area contributed by atoms with Gasteiger partial charge in [0.2, 0.25) is 0 Å². The molecule has 468 valence electrons. The summed E-state index contributed by atoms with van der Waals surface area (Å²) >= 11 is 0. The molecule has 6 heteroatoms. The van der Waals surface area contributed by atoms with Gasteiger partial charge in [-0.2, -0.15) is 0 Å². The van der Waals surface area contributed by atoms with Crippen LogP contribution < -0.4 is 0 Å². The van der Waals surface area contributed by atoms with Gasteiger partial charge in [-0.1, -0.05) is 305 Å². The third-order valence-electron chi connectivity index (χ3n) is 15.3. The third kappa shape index (κ3) is 67.3. The Kier molecular flexibility index (Phi) is 66.2. The molecule has 1 atom stereocenters. The molecule has 0 aromatic carbocycles. The molecule has 0 aromatic rings. The van der Waals surface area contributed by atoms with Crippen LogP contribution in [0, 0.1) is 0 Å². The van der Waals surface area contributed by atoms with Crippen LogP contribution in [0.15, 0.2) is 85.1 Å². The molecule has 0 amide bonds. The number of hydrogen-bond acceptors (Lipinski definition) is 6. The highest BCUT2D eigenvalue weighted by Gasteiger charge is 2.19. The number of carbonyl (C=O) groups is 3. The Bertz CT molecular complexity index is 1530. The predicted octanol–water partition coefficient (Wildman–Crippen LogP) is 24.2. The lowest BCUT2D eigenvalue weighted by Gasteiger charge is -2.18. The Labute approximate surface area is 503 Å². The van der Waals surface area contributed by atoms with Crippen molar-refractivity contribution in [2.45, 2.75) is 361 Å². The van der Waals surface area contributed by atoms with E-state index in [4.69, 9.17) is 14.2 Å². The molecular formula is C75H132O6. The fourth-order valence-corrected chi connectivity index (χ4v) is 10.1. The maximum atomic E-state index is 12.9. The van der Waals surface area contributed by atoms with Gasteiger partial charge in [-0.05, 0) is 116 Å². The van der Waals surface area contributed by atoms with Crippen LogP contribution in [-0.2, 0) is 28.6 Å². The summed E-state index contributed by atoms with van der Waals surface area (Å²) in [4.78, 5) is 38.4. The topological polar surface area (TPSA) is 78.9 Å². The number of rotatable bonds is 64. The number of hydrogen-bond donors (Lipinski definition) is 0. The van der Waals surface area contributed by atoms with Gasteiger partial charge in [0.25, 0.3) is 0 Å². The summed E-state index contributed by atoms with van der Waals surface area (Å²) < 4.78 is 17.0. The molecule has 0 fully saturated rings. The zero-order valence-corrected chi connectivity index (χ0v) is 53.8. The fraction of sp³-hybridized carbons (Fsp3) is 0.773. The summed E-state index contributed by atoms with van der Waals surface area (Å²) in [7, 11) is 0. The second kappa shape index (κ2) is 69.1. The number of ether oxygens (including phenoxy) is 3. The van der Waals surface area contributed by atoms with Gasteiger partial charge in [0.15, 0.2) is 6.10 Å². The van der Waals surface area contributed by atoms with Gasteiger partial charge >= 0.3 is 17.9 Å². The molecule has 81 heavy (non-hydrogen) atoms. The van der Waals surface area contributed by atoms with Gasteiger partial charge in [0, 0.05) is 19.3 Å². The van der Waals surface area contributed by atoms with E-state index in [2.05, 4.69) is 106 Å². The summed E-state index contributed by atoms with van der Waals surface area (Å²) in [6.07, 6.45) is 91.8. The van der Waals surface area contributed by atoms with Crippen LogP contribution in [-0.4, -0.2) is 37.2 Å². The lowest BCUT2D eigenvalue weighted by molar-refractivity contribution is -0.167. The van der Waals surface area contributed by atoms with E-state index in [9.17, 15) is 14.4 Å². The van der Waals surface area contributed by atoms with Crippen LogP contribution in [0.4, 0.5) is 0 Å². The molecule has 6 nitrogen and oxygen atoms in total. The van der Waals surface area contributed by atoms with Crippen LogP contribution in [0.25, 0.3) is 0 Å². The van der Waals surface area contributed by atoms with Gasteiger partial charge in [0.1, 0.15) is 13.2 Å². The van der Waals surface area contributed by atoms with Crippen molar-refractivity contribution in [2.75, 3.05) is 13.2 Å². The summed E-state index contributed by atoms with van der Waals surface area (Å²) in [5, 5.41) is 0. The van der Waals surface area contributed by atoms with Crippen molar-refractivity contribution in [3.05, 3.63) is 85.1 Å². The van der Waals surface area contributed by atoms with Crippen molar-refractivity contribution < 1.29 is 28.6 Å². The number of unbranched alkanes of at least 4 members (excludes halogenated alkanes) is 39. The predicted molar refractivity (Wildman–Crippen MR) is 353 cm³/mol. The van der Waals surface area contributed by atoms with E-state index >= 15 is 0 Å². The minimum Gasteiger partial charge on any atom is -0.462 e. The lowest BCUT2D eigenvalue weighted by atomic mass is 10.0. The zero-order chi connectivity index (χ0) is 58.5. The Morgan fingerprint density at radius 3 is 0.741 bits per heavy atom. The molecule has 0 heterocycles. The molecule has 1 unspecified atom stereocenters. The first-order valence-corrected chi connectivity index (χ1v) is 35.1. The molecule has 0 aromatic heterocycles. The molecule has 0 N–H and O–H groups in total. The minimum atomic E-state index is -0.786. The first kappa shape index (κ1) is 77.6. The van der Waals surface area contributed by atoms with Gasteiger partial charge in [-0.25, -0.2) is 0 Å². The van der Waals surface area contributed by atoms with E-state index in [1.54, 1.807) is 0 Å². The van der Waals surface area contributed by atoms with Crippen molar-refractivity contribution in [1.82, 2.24) is 0 Å². The molecule has 0 rings (SSSR count). The average molecular weight is 1130 g/mol. The first-order valence-electron chi connectivity index (χ1n) is 35.1. The number of carbonyl (C=O) groups excluding carboxylic acids is 3. The molecule has 0 saturated carbocycles. The summed E-state index contributed by atoms with van der Waals surface area (Å²) in [6, 6.07) is 0. The Hall–Kier alpha value is -3.41. The first-order chi connectivity index (χ1) is 40.0. The van der Waals surface area contributed by atoms with E-state index in [0.717, 1.165) is 103 Å². The summed E-state index contributed by atoms with van der Waals surface area (Å²) in [5.41, 5.74) is 0. The average Bonchev–Trinajstić information content (AvgIpc) is 3.46. The normalized spacial score (nSPS) is 12.6. The lowest BCUT2D eigenvalue weighted by Crippen LogP contribution is -2.30. The van der Waals surface area contributed by atoms with Gasteiger partial charge < -0.3 is 14.2 Å². The third-order valence-corrected chi connectivity index (χ3v) is 15.3. The molecular weight excluding hydrogens is 997 g/mol. The van der Waals surface area contributed by atoms with E-state index < -0.39 is 6.10 Å². The second-order valence-corrected chi connectivity index (χ2v) is 23.4. The highest BCUT2D eigenvalue weighted by Crippen LogP contribution is 2.17. The van der Waals surface area contributed by atoms with Crippen molar-refractivity contribution in [1.29, 1.82) is 0 Å². The molecule has 0 aliphatic carbocycles. The van der Waals surface area contributed by atoms with Crippen LogP contribution in [0.5, 0.6) is 0 Å². The van der Waals surface area contributed by atoms with E-state index in [-0.39, 0.29) is 31.1 Å². The minimum absolute atomic E-state index is 0.0811. The highest BCUT2D eigenvalue weighted by atomic mass is 16.6. The quantitative estimate of drug-likeness (QED) is 0.0261. The Balaban J connectivity index is 4.28. The molecule has 0 spiro atoms. The summed E-state index contributed by atoms with van der Waals surface area (Å²) in [6.45, 7) is 6.58. The zero-order valence-electron chi connectivity index (χ0n) is 53.8. The molecule has 0 bridgehead atoms. The van der Waals surface area contributed by atoms with Crippen molar-refractivity contribution in [3.8, 4) is 0 Å². The molecule has 0 radical (unpaired) electrons. The van der Waals surface area contributed by atoms with Crippen molar-refractivity contribution in [3.63, 3.8) is 0 Å². The van der Waals surface area contributed by atoms with E-state index in [1.807, 2.05) is 0 Å². The monoisotopic (exact) mass is 1130 g/mol. The van der Waals surface area contributed by atoms with Gasteiger partial charge in [-0.3, -0.25) is 14.4 Å². The Morgan fingerprint density at radius 1 is 0.247 bits per heavy atom. The number of esters is 3. The largest absolute Gasteiger partial charge is 0.462 e. The maximum Gasteiger partial charge on any atom is 0.306 e. The maximum absolute atomic E-state index is 12.9. The van der Waals surface area contributed by atoms with Crippen molar-refractivity contribution >= 4 is 17.9 Å². The van der Waals surface area contributed by atoms with Gasteiger partial charge in [0.05, 0.1) is 0 Å².